The third kappa shape index (κ3) is 3.14. The van der Waals surface area contributed by atoms with Crippen LogP contribution >= 0.6 is 0 Å². The number of nitrogens with zero attached hydrogens (tertiary/aromatic N) is 6. The first-order valence-electron chi connectivity index (χ1n) is 8.79. The lowest BCUT2D eigenvalue weighted by Gasteiger charge is -2.36. The van der Waals surface area contributed by atoms with Crippen molar-refractivity contribution in [1.82, 2.24) is 19.7 Å². The van der Waals surface area contributed by atoms with Gasteiger partial charge in [-0.3, -0.25) is 14.8 Å². The van der Waals surface area contributed by atoms with Gasteiger partial charge in [0.2, 0.25) is 0 Å². The molecule has 1 aromatic rings. The average Bonchev–Trinajstić information content (AvgIpc) is 3.10. The number of fused-ring (bicyclic) bond motifs is 1. The molecule has 0 radical (unpaired) electrons. The summed E-state index contributed by atoms with van der Waals surface area (Å²) in [4.78, 5) is 32.0. The molecule has 0 aliphatic carbocycles. The molecule has 0 bridgehead atoms. The number of pyridine rings is 1. The van der Waals surface area contributed by atoms with Gasteiger partial charge >= 0.3 is 0 Å². The van der Waals surface area contributed by atoms with Crippen molar-refractivity contribution in [3.63, 3.8) is 0 Å². The molecule has 0 aromatic carbocycles. The Kier molecular flexibility index (Phi) is 4.21. The smallest absolute Gasteiger partial charge is 0.254 e. The van der Waals surface area contributed by atoms with E-state index in [0.29, 0.717) is 24.7 Å². The van der Waals surface area contributed by atoms with Crippen LogP contribution in [0.4, 0.5) is 0 Å². The molecule has 25 heavy (non-hydrogen) atoms. The van der Waals surface area contributed by atoms with Gasteiger partial charge in [-0.15, -0.1) is 0 Å². The predicted molar refractivity (Wildman–Crippen MR) is 96.5 cm³/mol. The molecule has 7 heteroatoms. The molecule has 1 amide bonds. The Morgan fingerprint density at radius 2 is 1.96 bits per heavy atom. The maximum absolute atomic E-state index is 12.5. The Hall–Kier alpha value is -2.70. The van der Waals surface area contributed by atoms with Crippen molar-refractivity contribution in [2.45, 2.75) is 19.4 Å². The molecule has 130 valence electrons. The lowest BCUT2D eigenvalue weighted by Crippen LogP contribution is -2.48. The third-order valence-corrected chi connectivity index (χ3v) is 4.89. The second-order valence-electron chi connectivity index (χ2n) is 6.46. The highest BCUT2D eigenvalue weighted by Crippen LogP contribution is 2.20. The molecule has 0 unspecified atom stereocenters. The monoisotopic (exact) mass is 338 g/mol. The standard InChI is InChI=1S/C18H22N6O/c1-2-15-12-24-13-20-16(11-17(24)21-15)22-7-9-23(10-8-22)18(25)14-3-5-19-6-4-14/h3-6,11,13,15H,2,7-10,12H2,1H3/t15-/m1/s1. The Balaban J connectivity index is 1.39. The summed E-state index contributed by atoms with van der Waals surface area (Å²) in [5.74, 6) is 2.02. The molecule has 3 aliphatic rings. The fourth-order valence-electron chi connectivity index (χ4n) is 3.34. The summed E-state index contributed by atoms with van der Waals surface area (Å²) < 4.78 is 0. The number of carbonyl (C=O) groups is 1. The number of piperazine rings is 1. The Morgan fingerprint density at radius 1 is 1.20 bits per heavy atom. The van der Waals surface area contributed by atoms with Crippen molar-refractivity contribution in [3.8, 4) is 0 Å². The zero-order valence-corrected chi connectivity index (χ0v) is 14.4. The Bertz CT molecular complexity index is 733. The number of aliphatic imine (C=N–C) groups is 2. The topological polar surface area (TPSA) is 64.4 Å². The van der Waals surface area contributed by atoms with Gasteiger partial charge in [-0.25, -0.2) is 4.99 Å². The molecule has 4 rings (SSSR count). The molecule has 7 nitrogen and oxygen atoms in total. The van der Waals surface area contributed by atoms with Crippen LogP contribution in [0.2, 0.25) is 0 Å². The molecule has 0 saturated carbocycles. The average molecular weight is 338 g/mol. The Morgan fingerprint density at radius 3 is 2.68 bits per heavy atom. The van der Waals surface area contributed by atoms with E-state index in [9.17, 15) is 4.79 Å². The number of hydrogen-bond donors (Lipinski definition) is 0. The van der Waals surface area contributed by atoms with Crippen LogP contribution in [0, 0.1) is 0 Å². The first-order chi connectivity index (χ1) is 12.2. The third-order valence-electron chi connectivity index (χ3n) is 4.89. The lowest BCUT2D eigenvalue weighted by atomic mass is 10.2. The van der Waals surface area contributed by atoms with Crippen LogP contribution in [0.25, 0.3) is 0 Å². The van der Waals surface area contributed by atoms with Crippen molar-refractivity contribution in [2.24, 2.45) is 9.98 Å². The summed E-state index contributed by atoms with van der Waals surface area (Å²) in [6.45, 7) is 6.04. The van der Waals surface area contributed by atoms with Gasteiger partial charge in [-0.05, 0) is 18.6 Å². The maximum Gasteiger partial charge on any atom is 0.254 e. The molecular weight excluding hydrogens is 316 g/mol. The fraction of sp³-hybridized carbons (Fsp3) is 0.444. The number of amides is 1. The van der Waals surface area contributed by atoms with Crippen LogP contribution < -0.4 is 0 Å². The van der Waals surface area contributed by atoms with E-state index < -0.39 is 0 Å². The van der Waals surface area contributed by atoms with E-state index in [1.54, 1.807) is 24.5 Å². The van der Waals surface area contributed by atoms with Gasteiger partial charge in [0.25, 0.3) is 5.91 Å². The molecule has 1 saturated heterocycles. The van der Waals surface area contributed by atoms with Crippen LogP contribution in [0.5, 0.6) is 0 Å². The number of aromatic nitrogens is 1. The largest absolute Gasteiger partial charge is 0.353 e. The summed E-state index contributed by atoms with van der Waals surface area (Å²) in [5.41, 5.74) is 0.694. The van der Waals surface area contributed by atoms with E-state index in [1.165, 1.54) is 0 Å². The van der Waals surface area contributed by atoms with E-state index in [-0.39, 0.29) is 5.91 Å². The maximum atomic E-state index is 12.5. The number of carbonyl (C=O) groups excluding carboxylic acids is 1. The van der Waals surface area contributed by atoms with Gasteiger partial charge in [0.1, 0.15) is 11.7 Å². The van der Waals surface area contributed by atoms with Gasteiger partial charge in [0, 0.05) is 56.8 Å². The first kappa shape index (κ1) is 15.8. The predicted octanol–water partition coefficient (Wildman–Crippen LogP) is 1.22. The van der Waals surface area contributed by atoms with E-state index in [4.69, 9.17) is 4.99 Å². The lowest BCUT2D eigenvalue weighted by molar-refractivity contribution is 0.0668. The van der Waals surface area contributed by atoms with Crippen molar-refractivity contribution in [1.29, 1.82) is 0 Å². The van der Waals surface area contributed by atoms with Gasteiger partial charge in [0.15, 0.2) is 0 Å². The number of hydrogen-bond acceptors (Lipinski definition) is 6. The van der Waals surface area contributed by atoms with Crippen molar-refractivity contribution >= 4 is 18.1 Å². The summed E-state index contributed by atoms with van der Waals surface area (Å²) in [5, 5.41) is 0. The van der Waals surface area contributed by atoms with E-state index in [2.05, 4.69) is 32.8 Å². The normalized spacial score (nSPS) is 22.6. The number of amidine groups is 1. The summed E-state index contributed by atoms with van der Waals surface area (Å²) in [6, 6.07) is 3.89. The quantitative estimate of drug-likeness (QED) is 0.831. The SMILES string of the molecule is CC[C@@H]1CN2C=NC(N3CCN(C(=O)c4ccncc4)CC3)=CC2=N1. The molecule has 4 heterocycles. The van der Waals surface area contributed by atoms with Gasteiger partial charge in [-0.1, -0.05) is 6.92 Å². The molecule has 3 aliphatic heterocycles. The minimum Gasteiger partial charge on any atom is -0.353 e. The van der Waals surface area contributed by atoms with Gasteiger partial charge in [0.05, 0.1) is 12.4 Å². The molecule has 1 atom stereocenters. The first-order valence-corrected chi connectivity index (χ1v) is 8.79. The van der Waals surface area contributed by atoms with E-state index in [0.717, 1.165) is 37.7 Å². The summed E-state index contributed by atoms with van der Waals surface area (Å²) in [6.07, 6.45) is 8.31. The van der Waals surface area contributed by atoms with Gasteiger partial charge in [-0.2, -0.15) is 0 Å². The fourth-order valence-corrected chi connectivity index (χ4v) is 3.34. The highest BCUT2D eigenvalue weighted by atomic mass is 16.2. The second-order valence-corrected chi connectivity index (χ2v) is 6.46. The highest BCUT2D eigenvalue weighted by Gasteiger charge is 2.28. The molecule has 0 spiro atoms. The van der Waals surface area contributed by atoms with Crippen molar-refractivity contribution < 1.29 is 4.79 Å². The summed E-state index contributed by atoms with van der Waals surface area (Å²) in [7, 11) is 0. The molecular formula is C18H22N6O. The van der Waals surface area contributed by atoms with Crippen molar-refractivity contribution in [3.05, 3.63) is 42.0 Å². The molecule has 0 N–H and O–H groups in total. The minimum atomic E-state index is 0.0697. The van der Waals surface area contributed by atoms with Crippen LogP contribution in [-0.4, -0.2) is 76.5 Å². The zero-order chi connectivity index (χ0) is 17.2. The van der Waals surface area contributed by atoms with Crippen LogP contribution in [0.15, 0.2) is 46.4 Å². The van der Waals surface area contributed by atoms with Gasteiger partial charge < -0.3 is 14.7 Å². The molecule has 1 aromatic heterocycles. The van der Waals surface area contributed by atoms with Crippen molar-refractivity contribution in [2.75, 3.05) is 32.7 Å². The number of rotatable bonds is 3. The minimum absolute atomic E-state index is 0.0697. The van der Waals surface area contributed by atoms with Crippen LogP contribution in [0.3, 0.4) is 0 Å². The highest BCUT2D eigenvalue weighted by molar-refractivity contribution is 6.03. The molecule has 1 fully saturated rings. The Labute approximate surface area is 147 Å². The van der Waals surface area contributed by atoms with Crippen LogP contribution in [0.1, 0.15) is 23.7 Å². The van der Waals surface area contributed by atoms with Crippen LogP contribution in [-0.2, 0) is 0 Å². The summed E-state index contributed by atoms with van der Waals surface area (Å²) >= 11 is 0. The zero-order valence-electron chi connectivity index (χ0n) is 14.4. The second kappa shape index (κ2) is 6.66. The van der Waals surface area contributed by atoms with E-state index in [1.807, 2.05) is 11.2 Å². The van der Waals surface area contributed by atoms with E-state index >= 15 is 0 Å².